The Hall–Kier alpha value is -2.19. The van der Waals surface area contributed by atoms with Crippen LogP contribution in [0, 0.1) is 5.92 Å². The number of anilines is 1. The quantitative estimate of drug-likeness (QED) is 0.630. The van der Waals surface area contributed by atoms with Crippen molar-refractivity contribution >= 4 is 38.6 Å². The third-order valence-corrected chi connectivity index (χ3v) is 3.43. The molecule has 3 rings (SSSR count). The topological polar surface area (TPSA) is 117 Å². The van der Waals surface area contributed by atoms with Gasteiger partial charge in [-0.15, -0.1) is 0 Å². The van der Waals surface area contributed by atoms with E-state index in [0.717, 1.165) is 34.9 Å². The lowest BCUT2D eigenvalue weighted by Crippen LogP contribution is -2.01. The van der Waals surface area contributed by atoms with Crippen LogP contribution in [0.5, 0.6) is 0 Å². The maximum Gasteiger partial charge on any atom is 0.198 e. The van der Waals surface area contributed by atoms with Gasteiger partial charge < -0.3 is 10.3 Å². The molecule has 4 N–H and O–H groups in total. The van der Waals surface area contributed by atoms with E-state index < -0.39 is 10.9 Å². The van der Waals surface area contributed by atoms with Gasteiger partial charge in [-0.1, -0.05) is 32.0 Å². The van der Waals surface area contributed by atoms with E-state index >= 15 is 0 Å². The zero-order valence-corrected chi connectivity index (χ0v) is 14.0. The van der Waals surface area contributed by atoms with Crippen LogP contribution in [0.15, 0.2) is 30.6 Å². The van der Waals surface area contributed by atoms with Crippen molar-refractivity contribution in [2.45, 2.75) is 26.8 Å². The second-order valence-corrected chi connectivity index (χ2v) is 6.19. The predicted molar refractivity (Wildman–Crippen MR) is 93.4 cm³/mol. The monoisotopic (exact) mass is 335 g/mol. The van der Waals surface area contributed by atoms with Crippen LogP contribution in [-0.4, -0.2) is 23.0 Å². The Morgan fingerprint density at radius 1 is 1.26 bits per heavy atom. The number of hydrogen-bond donors (Lipinski definition) is 3. The lowest BCUT2D eigenvalue weighted by atomic mass is 10.1. The standard InChI is InChI=1S/C15H18N4.H3NO2S/c1-10(2)7-8-19-9-17-13-14(19)11-5-3-4-6-12(11)18-15(13)16;1-4(2)3/h3-6,9-10H,7-8H2,1-2H3,(H2,16,18);4H,(H2,1,2,3). The smallest absolute Gasteiger partial charge is 0.198 e. The molecular formula is C15H21N5O2S. The summed E-state index contributed by atoms with van der Waals surface area (Å²) in [4.78, 5) is 8.84. The molecule has 0 amide bonds. The molecule has 2 aromatic heterocycles. The van der Waals surface area contributed by atoms with E-state index in [4.69, 9.17) is 14.2 Å². The van der Waals surface area contributed by atoms with Crippen molar-refractivity contribution in [2.75, 3.05) is 5.73 Å². The molecule has 0 saturated carbocycles. The van der Waals surface area contributed by atoms with Crippen LogP contribution in [0.3, 0.4) is 0 Å². The molecule has 0 fully saturated rings. The van der Waals surface area contributed by atoms with Gasteiger partial charge in [-0.25, -0.2) is 23.5 Å². The summed E-state index contributed by atoms with van der Waals surface area (Å²) in [5.74, 6) is 1.18. The second-order valence-electron chi connectivity index (χ2n) is 5.62. The van der Waals surface area contributed by atoms with Crippen molar-refractivity contribution in [3.05, 3.63) is 30.6 Å². The molecule has 124 valence electrons. The molecule has 0 atom stereocenters. The van der Waals surface area contributed by atoms with Crippen LogP contribution in [-0.2, 0) is 17.4 Å². The first-order valence-electron chi connectivity index (χ1n) is 7.28. The van der Waals surface area contributed by atoms with Gasteiger partial charge >= 0.3 is 0 Å². The summed E-state index contributed by atoms with van der Waals surface area (Å²) < 4.78 is 19.8. The fourth-order valence-electron chi connectivity index (χ4n) is 2.37. The number of hydrogen-bond acceptors (Lipinski definition) is 5. The number of thiol groups is 1. The summed E-state index contributed by atoms with van der Waals surface area (Å²) >= 11 is 0. The molecule has 0 aliphatic rings. The van der Waals surface area contributed by atoms with E-state index in [9.17, 15) is 0 Å². The average Bonchev–Trinajstić information content (AvgIpc) is 2.89. The Morgan fingerprint density at radius 3 is 2.57 bits per heavy atom. The number of nitrogen functional groups attached to an aromatic ring is 1. The van der Waals surface area contributed by atoms with Crippen LogP contribution in [0.2, 0.25) is 0 Å². The van der Waals surface area contributed by atoms with Gasteiger partial charge in [0.2, 0.25) is 0 Å². The minimum absolute atomic E-state index is 0.511. The van der Waals surface area contributed by atoms with Gasteiger partial charge in [0, 0.05) is 11.9 Å². The predicted octanol–water partition coefficient (Wildman–Crippen LogP) is 1.68. The highest BCUT2D eigenvalue weighted by molar-refractivity contribution is 7.69. The Balaban J connectivity index is 0.000000433. The number of nitrogens with zero attached hydrogens (tertiary/aromatic N) is 3. The van der Waals surface area contributed by atoms with Crippen LogP contribution in [0.1, 0.15) is 20.3 Å². The highest BCUT2D eigenvalue weighted by atomic mass is 32.2. The minimum Gasteiger partial charge on any atom is -0.382 e. The summed E-state index contributed by atoms with van der Waals surface area (Å²) in [6, 6.07) is 8.08. The number of aromatic nitrogens is 3. The third kappa shape index (κ3) is 4.17. The molecule has 0 bridgehead atoms. The van der Waals surface area contributed by atoms with Gasteiger partial charge in [-0.05, 0) is 18.4 Å². The van der Waals surface area contributed by atoms with Crippen molar-refractivity contribution in [1.82, 2.24) is 14.5 Å². The molecular weight excluding hydrogens is 314 g/mol. The SMILES string of the molecule is CC(C)CCn1cnc2c(N)nc3ccccc3c21.N[SH](=O)=O. The van der Waals surface area contributed by atoms with Crippen LogP contribution in [0.25, 0.3) is 21.9 Å². The summed E-state index contributed by atoms with van der Waals surface area (Å²) in [5.41, 5.74) is 8.84. The largest absolute Gasteiger partial charge is 0.382 e. The van der Waals surface area contributed by atoms with E-state index in [1.165, 1.54) is 0 Å². The van der Waals surface area contributed by atoms with E-state index in [1.807, 2.05) is 24.5 Å². The lowest BCUT2D eigenvalue weighted by Gasteiger charge is -2.09. The molecule has 3 aromatic rings. The molecule has 7 nitrogen and oxygen atoms in total. The first-order valence-corrected chi connectivity index (χ1v) is 8.53. The van der Waals surface area contributed by atoms with Gasteiger partial charge in [0.25, 0.3) is 0 Å². The maximum atomic E-state index is 8.81. The van der Waals surface area contributed by atoms with Crippen molar-refractivity contribution in [3.63, 3.8) is 0 Å². The van der Waals surface area contributed by atoms with E-state index in [-0.39, 0.29) is 0 Å². The number of para-hydroxylation sites is 1. The number of imidazole rings is 1. The number of fused-ring (bicyclic) bond motifs is 3. The Labute approximate surface area is 136 Å². The first-order chi connectivity index (χ1) is 10.9. The summed E-state index contributed by atoms with van der Waals surface area (Å²) in [7, 11) is -2.62. The number of aryl methyl sites for hydroxylation is 1. The molecule has 0 aliphatic heterocycles. The highest BCUT2D eigenvalue weighted by Crippen LogP contribution is 2.27. The normalized spacial score (nSPS) is 11.2. The zero-order chi connectivity index (χ0) is 17.0. The van der Waals surface area contributed by atoms with Crippen LogP contribution >= 0.6 is 0 Å². The molecule has 0 unspecified atom stereocenters. The van der Waals surface area contributed by atoms with Gasteiger partial charge in [0.1, 0.15) is 5.52 Å². The average molecular weight is 335 g/mol. The Morgan fingerprint density at radius 2 is 1.91 bits per heavy atom. The molecule has 0 radical (unpaired) electrons. The van der Waals surface area contributed by atoms with E-state index in [1.54, 1.807) is 0 Å². The number of nitrogens with two attached hydrogens (primary N) is 2. The first kappa shape index (κ1) is 17.2. The van der Waals surface area contributed by atoms with Gasteiger partial charge in [0.05, 0.1) is 17.4 Å². The van der Waals surface area contributed by atoms with E-state index in [2.05, 4.69) is 39.6 Å². The molecule has 23 heavy (non-hydrogen) atoms. The van der Waals surface area contributed by atoms with Crippen molar-refractivity contribution in [2.24, 2.45) is 11.1 Å². The summed E-state index contributed by atoms with van der Waals surface area (Å²) in [5, 5.41) is 5.18. The molecule has 0 spiro atoms. The fraction of sp³-hybridized carbons (Fsp3) is 0.333. The van der Waals surface area contributed by atoms with Gasteiger partial charge in [-0.2, -0.15) is 0 Å². The minimum atomic E-state index is -2.62. The molecule has 0 saturated heterocycles. The van der Waals surface area contributed by atoms with Crippen molar-refractivity contribution in [1.29, 1.82) is 0 Å². The summed E-state index contributed by atoms with van der Waals surface area (Å²) in [6.45, 7) is 5.42. The van der Waals surface area contributed by atoms with Crippen molar-refractivity contribution < 1.29 is 8.42 Å². The lowest BCUT2D eigenvalue weighted by molar-refractivity contribution is 0.523. The number of rotatable bonds is 3. The Bertz CT molecular complexity index is 878. The zero-order valence-electron chi connectivity index (χ0n) is 13.1. The second kappa shape index (κ2) is 7.38. The Kier molecular flexibility index (Phi) is 5.51. The van der Waals surface area contributed by atoms with Crippen LogP contribution in [0.4, 0.5) is 5.82 Å². The van der Waals surface area contributed by atoms with Gasteiger partial charge in [0.15, 0.2) is 16.7 Å². The highest BCUT2D eigenvalue weighted by Gasteiger charge is 2.11. The van der Waals surface area contributed by atoms with Crippen LogP contribution < -0.4 is 10.9 Å². The number of pyridine rings is 1. The van der Waals surface area contributed by atoms with E-state index in [0.29, 0.717) is 11.7 Å². The molecule has 8 heteroatoms. The molecule has 1 aromatic carbocycles. The number of benzene rings is 1. The molecule has 0 aliphatic carbocycles. The summed E-state index contributed by atoms with van der Waals surface area (Å²) in [6.07, 6.45) is 3.00. The molecule has 2 heterocycles. The fourth-order valence-corrected chi connectivity index (χ4v) is 2.37. The van der Waals surface area contributed by atoms with Gasteiger partial charge in [-0.3, -0.25) is 0 Å². The maximum absolute atomic E-state index is 8.81. The third-order valence-electron chi connectivity index (χ3n) is 3.43. The van der Waals surface area contributed by atoms with Crippen molar-refractivity contribution in [3.8, 4) is 0 Å².